The maximum atomic E-state index is 13.1. The molecule has 0 aromatic heterocycles. The average Bonchev–Trinajstić information content (AvgIpc) is 2.46. The fourth-order valence-corrected chi connectivity index (χ4v) is 1.79. The minimum Gasteiger partial charge on any atom is -0.493 e. The fraction of sp³-hybridized carbons (Fsp3) is 0.133. The predicted octanol–water partition coefficient (Wildman–Crippen LogP) is 3.22. The Morgan fingerprint density at radius 2 is 2.05 bits per heavy atom. The standard InChI is InChI=1S/C15H14FNO3/c1-19-14-7-3-5-12(9-17-18)15(14)20-10-11-4-2-6-13(16)8-11/h2-9,18H,10H2,1H3/b17-9+. The molecule has 0 aliphatic rings. The molecule has 2 aromatic rings. The lowest BCUT2D eigenvalue weighted by Crippen LogP contribution is -2.01. The van der Waals surface area contributed by atoms with Crippen molar-refractivity contribution in [2.45, 2.75) is 6.61 Å². The molecular formula is C15H14FNO3. The van der Waals surface area contributed by atoms with Crippen LogP contribution in [0.4, 0.5) is 4.39 Å². The number of ether oxygens (including phenoxy) is 2. The molecule has 0 saturated heterocycles. The molecule has 0 heterocycles. The van der Waals surface area contributed by atoms with Crippen molar-refractivity contribution in [1.29, 1.82) is 0 Å². The van der Waals surface area contributed by atoms with Gasteiger partial charge in [-0.2, -0.15) is 0 Å². The van der Waals surface area contributed by atoms with E-state index >= 15 is 0 Å². The number of hydrogen-bond acceptors (Lipinski definition) is 4. The van der Waals surface area contributed by atoms with Gasteiger partial charge >= 0.3 is 0 Å². The Morgan fingerprint density at radius 1 is 1.25 bits per heavy atom. The Kier molecular flexibility index (Phi) is 4.55. The summed E-state index contributed by atoms with van der Waals surface area (Å²) in [6.07, 6.45) is 1.25. The molecule has 2 aromatic carbocycles. The molecule has 0 fully saturated rings. The van der Waals surface area contributed by atoms with E-state index in [2.05, 4.69) is 5.16 Å². The minimum absolute atomic E-state index is 0.185. The number of para-hydroxylation sites is 1. The number of benzene rings is 2. The van der Waals surface area contributed by atoms with E-state index in [1.807, 2.05) is 0 Å². The molecule has 4 nitrogen and oxygen atoms in total. The van der Waals surface area contributed by atoms with Crippen LogP contribution in [0.3, 0.4) is 0 Å². The second-order valence-electron chi connectivity index (χ2n) is 4.04. The monoisotopic (exact) mass is 275 g/mol. The number of rotatable bonds is 5. The van der Waals surface area contributed by atoms with Crippen LogP contribution >= 0.6 is 0 Å². The highest BCUT2D eigenvalue weighted by Gasteiger charge is 2.09. The van der Waals surface area contributed by atoms with Gasteiger partial charge in [-0.3, -0.25) is 0 Å². The molecule has 104 valence electrons. The summed E-state index contributed by atoms with van der Waals surface area (Å²) in [4.78, 5) is 0. The second-order valence-corrected chi connectivity index (χ2v) is 4.04. The van der Waals surface area contributed by atoms with Gasteiger partial charge in [-0.25, -0.2) is 4.39 Å². The van der Waals surface area contributed by atoms with Gasteiger partial charge in [0.1, 0.15) is 12.4 Å². The third-order valence-corrected chi connectivity index (χ3v) is 2.70. The molecular weight excluding hydrogens is 261 g/mol. The molecule has 2 rings (SSSR count). The fourth-order valence-electron chi connectivity index (χ4n) is 1.79. The van der Waals surface area contributed by atoms with E-state index in [1.54, 1.807) is 30.3 Å². The average molecular weight is 275 g/mol. The molecule has 20 heavy (non-hydrogen) atoms. The number of nitrogens with zero attached hydrogens (tertiary/aromatic N) is 1. The van der Waals surface area contributed by atoms with Crippen LogP contribution in [0.25, 0.3) is 0 Å². The summed E-state index contributed by atoms with van der Waals surface area (Å²) in [7, 11) is 1.52. The lowest BCUT2D eigenvalue weighted by Gasteiger charge is -2.13. The second kappa shape index (κ2) is 6.56. The lowest BCUT2D eigenvalue weighted by atomic mass is 10.2. The van der Waals surface area contributed by atoms with Gasteiger partial charge in [0.15, 0.2) is 11.5 Å². The molecule has 0 amide bonds. The zero-order valence-corrected chi connectivity index (χ0v) is 10.9. The minimum atomic E-state index is -0.316. The highest BCUT2D eigenvalue weighted by atomic mass is 19.1. The molecule has 0 aliphatic heterocycles. The van der Waals surface area contributed by atoms with E-state index < -0.39 is 0 Å². The number of methoxy groups -OCH3 is 1. The van der Waals surface area contributed by atoms with Gasteiger partial charge in [-0.15, -0.1) is 0 Å². The highest BCUT2D eigenvalue weighted by molar-refractivity contribution is 5.84. The van der Waals surface area contributed by atoms with E-state index in [4.69, 9.17) is 14.7 Å². The Hall–Kier alpha value is -2.56. The smallest absolute Gasteiger partial charge is 0.170 e. The van der Waals surface area contributed by atoms with Crippen molar-refractivity contribution >= 4 is 6.21 Å². The van der Waals surface area contributed by atoms with Crippen LogP contribution in [0.5, 0.6) is 11.5 Å². The van der Waals surface area contributed by atoms with E-state index in [1.165, 1.54) is 25.5 Å². The topological polar surface area (TPSA) is 51.0 Å². The van der Waals surface area contributed by atoms with Gasteiger partial charge in [0.2, 0.25) is 0 Å². The van der Waals surface area contributed by atoms with Crippen molar-refractivity contribution in [3.8, 4) is 11.5 Å². The van der Waals surface area contributed by atoms with Crippen LogP contribution in [-0.4, -0.2) is 18.5 Å². The van der Waals surface area contributed by atoms with Crippen molar-refractivity contribution < 1.29 is 19.1 Å². The summed E-state index contributed by atoms with van der Waals surface area (Å²) in [5.74, 6) is 0.638. The maximum absolute atomic E-state index is 13.1. The lowest BCUT2D eigenvalue weighted by molar-refractivity contribution is 0.283. The third kappa shape index (κ3) is 3.26. The van der Waals surface area contributed by atoms with Crippen LogP contribution in [0.1, 0.15) is 11.1 Å². The summed E-state index contributed by atoms with van der Waals surface area (Å²) < 4.78 is 24.0. The van der Waals surface area contributed by atoms with E-state index in [0.29, 0.717) is 22.6 Å². The molecule has 5 heteroatoms. The summed E-state index contributed by atoms with van der Waals surface area (Å²) >= 11 is 0. The highest BCUT2D eigenvalue weighted by Crippen LogP contribution is 2.30. The number of oxime groups is 1. The van der Waals surface area contributed by atoms with Crippen molar-refractivity contribution in [3.63, 3.8) is 0 Å². The first-order valence-corrected chi connectivity index (χ1v) is 5.96. The summed E-state index contributed by atoms with van der Waals surface area (Å²) in [5.41, 5.74) is 1.27. The molecule has 1 N–H and O–H groups in total. The maximum Gasteiger partial charge on any atom is 0.170 e. The largest absolute Gasteiger partial charge is 0.493 e. The Bertz CT molecular complexity index is 614. The predicted molar refractivity (Wildman–Crippen MR) is 73.1 cm³/mol. The van der Waals surface area contributed by atoms with E-state index in [0.717, 1.165) is 0 Å². The summed E-state index contributed by atoms with van der Waals surface area (Å²) in [6.45, 7) is 0.185. The van der Waals surface area contributed by atoms with Gasteiger partial charge in [-0.05, 0) is 29.8 Å². The van der Waals surface area contributed by atoms with Crippen LogP contribution < -0.4 is 9.47 Å². The van der Waals surface area contributed by atoms with Gasteiger partial charge in [0, 0.05) is 5.56 Å². The molecule has 0 aliphatic carbocycles. The number of halogens is 1. The van der Waals surface area contributed by atoms with Crippen molar-refractivity contribution in [3.05, 3.63) is 59.4 Å². The number of hydrogen-bond donors (Lipinski definition) is 1. The van der Waals surface area contributed by atoms with Crippen molar-refractivity contribution in [1.82, 2.24) is 0 Å². The Labute approximate surface area is 116 Å². The molecule has 0 atom stereocenters. The Morgan fingerprint density at radius 3 is 2.75 bits per heavy atom. The summed E-state index contributed by atoms with van der Waals surface area (Å²) in [5, 5.41) is 11.6. The van der Waals surface area contributed by atoms with Gasteiger partial charge in [0.25, 0.3) is 0 Å². The van der Waals surface area contributed by atoms with Crippen LogP contribution in [0.15, 0.2) is 47.6 Å². The summed E-state index contributed by atoms with van der Waals surface area (Å²) in [6, 6.07) is 11.4. The SMILES string of the molecule is COc1cccc(/C=N/O)c1OCc1cccc(F)c1. The molecule has 0 radical (unpaired) electrons. The van der Waals surface area contributed by atoms with Crippen LogP contribution in [-0.2, 0) is 6.61 Å². The molecule has 0 saturated carbocycles. The van der Waals surface area contributed by atoms with Crippen molar-refractivity contribution in [2.24, 2.45) is 5.16 Å². The van der Waals surface area contributed by atoms with Gasteiger partial charge in [0.05, 0.1) is 13.3 Å². The normalized spacial score (nSPS) is 10.7. The van der Waals surface area contributed by atoms with Crippen LogP contribution in [0.2, 0.25) is 0 Å². The van der Waals surface area contributed by atoms with E-state index in [9.17, 15) is 4.39 Å². The van der Waals surface area contributed by atoms with Crippen LogP contribution in [0, 0.1) is 5.82 Å². The first-order valence-electron chi connectivity index (χ1n) is 5.96. The van der Waals surface area contributed by atoms with E-state index in [-0.39, 0.29) is 12.4 Å². The Balaban J connectivity index is 2.23. The van der Waals surface area contributed by atoms with Crippen molar-refractivity contribution in [2.75, 3.05) is 7.11 Å². The zero-order chi connectivity index (χ0) is 14.4. The van der Waals surface area contributed by atoms with Gasteiger partial charge in [-0.1, -0.05) is 23.4 Å². The molecule has 0 unspecified atom stereocenters. The zero-order valence-electron chi connectivity index (χ0n) is 10.9. The first-order chi connectivity index (χ1) is 9.74. The molecule has 0 spiro atoms. The molecule has 0 bridgehead atoms. The first kappa shape index (κ1) is 13.9. The van der Waals surface area contributed by atoms with Gasteiger partial charge < -0.3 is 14.7 Å². The third-order valence-electron chi connectivity index (χ3n) is 2.70. The quantitative estimate of drug-likeness (QED) is 0.518.